The summed E-state index contributed by atoms with van der Waals surface area (Å²) in [6.45, 7) is 1.66. The molecule has 0 saturated heterocycles. The largest absolute Gasteiger partial charge is 0.464 e. The van der Waals surface area contributed by atoms with Crippen molar-refractivity contribution in [3.63, 3.8) is 0 Å². The van der Waals surface area contributed by atoms with Gasteiger partial charge in [-0.3, -0.25) is 9.78 Å². The van der Waals surface area contributed by atoms with Crippen LogP contribution in [0.1, 0.15) is 13.3 Å². The van der Waals surface area contributed by atoms with Gasteiger partial charge in [-0.05, 0) is 31.2 Å². The van der Waals surface area contributed by atoms with Crippen molar-refractivity contribution in [2.75, 3.05) is 6.61 Å². The van der Waals surface area contributed by atoms with Crippen molar-refractivity contribution in [3.8, 4) is 17.4 Å². The molecular weight excluding hydrogens is 373 g/mol. The van der Waals surface area contributed by atoms with Gasteiger partial charge < -0.3 is 9.30 Å². The maximum atomic E-state index is 12.2. The van der Waals surface area contributed by atoms with Crippen LogP contribution in [0.4, 0.5) is 13.2 Å². The molecule has 1 aromatic carbocycles. The predicted octanol–water partition coefficient (Wildman–Crippen LogP) is 3.79. The molecule has 1 N–H and O–H groups in total. The van der Waals surface area contributed by atoms with Gasteiger partial charge in [0.05, 0.1) is 6.42 Å². The number of halogens is 4. The number of aromatic nitrogens is 4. The van der Waals surface area contributed by atoms with Crippen LogP contribution in [0, 0.1) is 0 Å². The molecule has 0 aliphatic rings. The monoisotopic (exact) mass is 386 g/mol. The van der Waals surface area contributed by atoms with Gasteiger partial charge in [0.2, 0.25) is 0 Å². The Morgan fingerprint density at radius 2 is 1.92 bits per heavy atom. The first-order chi connectivity index (χ1) is 12.3. The van der Waals surface area contributed by atoms with Crippen LogP contribution in [-0.2, 0) is 6.54 Å². The molecule has 0 unspecified atom stereocenters. The van der Waals surface area contributed by atoms with E-state index in [-0.39, 0.29) is 17.2 Å². The third-order valence-electron chi connectivity index (χ3n) is 3.63. The van der Waals surface area contributed by atoms with E-state index < -0.39 is 24.8 Å². The van der Waals surface area contributed by atoms with Crippen molar-refractivity contribution in [2.24, 2.45) is 0 Å². The highest BCUT2D eigenvalue weighted by Gasteiger charge is 2.27. The fourth-order valence-corrected chi connectivity index (χ4v) is 2.57. The van der Waals surface area contributed by atoms with Crippen molar-refractivity contribution in [1.29, 1.82) is 0 Å². The van der Waals surface area contributed by atoms with Crippen LogP contribution in [0.5, 0.6) is 6.01 Å². The SMILES string of the molecule is CCn1c(-c2ccc(Cl)cc2)nc2c(=O)[nH]c(OCCC(F)(F)F)nc21. The zero-order chi connectivity index (χ0) is 18.9. The summed E-state index contributed by atoms with van der Waals surface area (Å²) in [5.41, 5.74) is 0.468. The van der Waals surface area contributed by atoms with Gasteiger partial charge in [0.1, 0.15) is 12.4 Å². The highest BCUT2D eigenvalue weighted by molar-refractivity contribution is 6.30. The third-order valence-corrected chi connectivity index (χ3v) is 3.88. The van der Waals surface area contributed by atoms with Crippen LogP contribution >= 0.6 is 11.6 Å². The minimum Gasteiger partial charge on any atom is -0.464 e. The molecule has 0 radical (unpaired) electrons. The fourth-order valence-electron chi connectivity index (χ4n) is 2.44. The number of hydrogen-bond donors (Lipinski definition) is 1. The minimum absolute atomic E-state index is 0.0833. The number of nitrogens with one attached hydrogen (secondary N) is 1. The van der Waals surface area contributed by atoms with Crippen LogP contribution in [0.25, 0.3) is 22.6 Å². The molecule has 6 nitrogen and oxygen atoms in total. The second-order valence-electron chi connectivity index (χ2n) is 5.44. The summed E-state index contributed by atoms with van der Waals surface area (Å²) < 4.78 is 43.3. The van der Waals surface area contributed by atoms with E-state index >= 15 is 0 Å². The van der Waals surface area contributed by atoms with E-state index in [2.05, 4.69) is 15.0 Å². The normalized spacial score (nSPS) is 11.9. The molecular formula is C16H14ClF3N4O2. The van der Waals surface area contributed by atoms with E-state index in [1.165, 1.54) is 0 Å². The number of aryl methyl sites for hydroxylation is 1. The second kappa shape index (κ2) is 6.99. The summed E-state index contributed by atoms with van der Waals surface area (Å²) in [6, 6.07) is 6.62. The molecule has 3 rings (SSSR count). The minimum atomic E-state index is -4.35. The van der Waals surface area contributed by atoms with Crippen molar-refractivity contribution < 1.29 is 17.9 Å². The van der Waals surface area contributed by atoms with Crippen molar-refractivity contribution in [2.45, 2.75) is 26.1 Å². The number of benzene rings is 1. The molecule has 0 aliphatic heterocycles. The third kappa shape index (κ3) is 3.82. The van der Waals surface area contributed by atoms with Gasteiger partial charge in [-0.2, -0.15) is 18.2 Å². The Morgan fingerprint density at radius 3 is 2.54 bits per heavy atom. The molecule has 2 aromatic heterocycles. The maximum Gasteiger partial charge on any atom is 0.392 e. The fraction of sp³-hybridized carbons (Fsp3) is 0.312. The van der Waals surface area contributed by atoms with E-state index in [1.54, 1.807) is 28.8 Å². The zero-order valence-corrected chi connectivity index (χ0v) is 14.4. The Labute approximate surface area is 150 Å². The molecule has 26 heavy (non-hydrogen) atoms. The molecule has 138 valence electrons. The van der Waals surface area contributed by atoms with E-state index in [0.29, 0.717) is 17.4 Å². The van der Waals surface area contributed by atoms with Gasteiger partial charge in [0.15, 0.2) is 11.2 Å². The zero-order valence-electron chi connectivity index (χ0n) is 13.6. The molecule has 0 aliphatic carbocycles. The Bertz CT molecular complexity index is 980. The molecule has 0 saturated carbocycles. The van der Waals surface area contributed by atoms with Crippen molar-refractivity contribution in [3.05, 3.63) is 39.6 Å². The highest BCUT2D eigenvalue weighted by Crippen LogP contribution is 2.25. The number of fused-ring (bicyclic) bond motifs is 1. The number of rotatable bonds is 5. The lowest BCUT2D eigenvalue weighted by molar-refractivity contribution is -0.139. The van der Waals surface area contributed by atoms with Gasteiger partial charge in [0.25, 0.3) is 11.6 Å². The number of hydrogen-bond acceptors (Lipinski definition) is 4. The summed E-state index contributed by atoms with van der Waals surface area (Å²) in [5.74, 6) is 0.504. The van der Waals surface area contributed by atoms with Crippen LogP contribution in [0.15, 0.2) is 29.1 Å². The molecule has 0 bridgehead atoms. The number of H-pyrrole nitrogens is 1. The van der Waals surface area contributed by atoms with Crippen LogP contribution in [0.3, 0.4) is 0 Å². The molecule has 3 aromatic rings. The summed E-state index contributed by atoms with van der Waals surface area (Å²) in [6.07, 6.45) is -5.49. The van der Waals surface area contributed by atoms with Gasteiger partial charge >= 0.3 is 6.18 Å². The number of ether oxygens (including phenoxy) is 1. The summed E-state index contributed by atoms with van der Waals surface area (Å²) in [4.78, 5) is 23.0. The number of imidazole rings is 1. The Balaban J connectivity index is 2.01. The number of nitrogens with zero attached hydrogens (tertiary/aromatic N) is 3. The lowest BCUT2D eigenvalue weighted by atomic mass is 10.2. The first-order valence-corrected chi connectivity index (χ1v) is 8.12. The average molecular weight is 387 g/mol. The first kappa shape index (κ1) is 18.2. The predicted molar refractivity (Wildman–Crippen MR) is 90.4 cm³/mol. The van der Waals surface area contributed by atoms with Gasteiger partial charge in [-0.15, -0.1) is 0 Å². The van der Waals surface area contributed by atoms with Crippen molar-refractivity contribution in [1.82, 2.24) is 19.5 Å². The summed E-state index contributed by atoms with van der Waals surface area (Å²) in [5, 5.41) is 0.559. The molecule has 0 spiro atoms. The number of alkyl halides is 3. The molecule has 0 atom stereocenters. The molecule has 0 fully saturated rings. The second-order valence-corrected chi connectivity index (χ2v) is 5.88. The molecule has 2 heterocycles. The number of aromatic amines is 1. The molecule has 10 heteroatoms. The van der Waals surface area contributed by atoms with E-state index in [0.717, 1.165) is 5.56 Å². The van der Waals surface area contributed by atoms with Crippen LogP contribution in [0.2, 0.25) is 5.02 Å². The highest BCUT2D eigenvalue weighted by atomic mass is 35.5. The van der Waals surface area contributed by atoms with Crippen molar-refractivity contribution >= 4 is 22.8 Å². The topological polar surface area (TPSA) is 72.8 Å². The van der Waals surface area contributed by atoms with Crippen LogP contribution in [-0.4, -0.2) is 32.3 Å². The van der Waals surface area contributed by atoms with E-state index in [9.17, 15) is 18.0 Å². The quantitative estimate of drug-likeness (QED) is 0.724. The first-order valence-electron chi connectivity index (χ1n) is 7.74. The van der Waals surface area contributed by atoms with Gasteiger partial charge in [-0.1, -0.05) is 11.6 Å². The summed E-state index contributed by atoms with van der Waals surface area (Å²) in [7, 11) is 0. The lowest BCUT2D eigenvalue weighted by Gasteiger charge is -2.08. The van der Waals surface area contributed by atoms with Gasteiger partial charge in [0, 0.05) is 17.1 Å². The lowest BCUT2D eigenvalue weighted by Crippen LogP contribution is -2.16. The Morgan fingerprint density at radius 1 is 1.23 bits per heavy atom. The van der Waals surface area contributed by atoms with Gasteiger partial charge in [-0.25, -0.2) is 4.98 Å². The average Bonchev–Trinajstić information content (AvgIpc) is 2.93. The molecule has 0 amide bonds. The smallest absolute Gasteiger partial charge is 0.392 e. The maximum absolute atomic E-state index is 12.2. The Kier molecular flexibility index (Phi) is 4.90. The van der Waals surface area contributed by atoms with E-state index in [1.807, 2.05) is 6.92 Å². The van der Waals surface area contributed by atoms with E-state index in [4.69, 9.17) is 16.3 Å². The standard InChI is InChI=1S/C16H14ClF3N4O2/c1-2-24-12(9-3-5-10(17)6-4-9)21-11-13(24)22-15(23-14(11)25)26-8-7-16(18,19)20/h3-6H,2,7-8H2,1H3,(H,22,23,25). The Hall–Kier alpha value is -2.55. The van der Waals surface area contributed by atoms with Crippen LogP contribution < -0.4 is 10.3 Å². The summed E-state index contributed by atoms with van der Waals surface area (Å²) >= 11 is 5.89.